The molecule has 2 N–H and O–H groups in total. The molecule has 5 rings (SSSR count). The molecule has 9 heteroatoms. The number of furan rings is 2. The number of hydrogen-bond acceptors (Lipinski definition) is 6. The number of anilines is 2. The molecule has 0 aliphatic heterocycles. The van der Waals surface area contributed by atoms with Gasteiger partial charge in [-0.3, -0.25) is 9.59 Å². The smallest absolute Gasteiger partial charge is 0.338 e. The Morgan fingerprint density at radius 1 is 0.919 bits per heavy atom. The maximum atomic E-state index is 13.2. The molecular formula is C28H21ClN2O6. The number of benzene rings is 3. The van der Waals surface area contributed by atoms with Crippen LogP contribution in [0, 0.1) is 0 Å². The van der Waals surface area contributed by atoms with Crippen LogP contribution in [-0.4, -0.2) is 24.4 Å². The topological polar surface area (TPSA) is 111 Å². The van der Waals surface area contributed by atoms with Gasteiger partial charge in [-0.1, -0.05) is 23.7 Å². The molecule has 0 aliphatic carbocycles. The predicted molar refractivity (Wildman–Crippen MR) is 140 cm³/mol. The van der Waals surface area contributed by atoms with Crippen molar-refractivity contribution in [3.63, 3.8) is 0 Å². The van der Waals surface area contributed by atoms with Gasteiger partial charge in [0.25, 0.3) is 5.91 Å². The summed E-state index contributed by atoms with van der Waals surface area (Å²) in [5, 5.41) is 7.42. The fourth-order valence-electron chi connectivity index (χ4n) is 3.97. The van der Waals surface area contributed by atoms with Gasteiger partial charge in [0.15, 0.2) is 0 Å². The minimum absolute atomic E-state index is 0.00320. The Morgan fingerprint density at radius 3 is 2.49 bits per heavy atom. The summed E-state index contributed by atoms with van der Waals surface area (Å²) < 4.78 is 16.3. The molecule has 2 heterocycles. The van der Waals surface area contributed by atoms with Crippen LogP contribution in [0.15, 0.2) is 81.8 Å². The lowest BCUT2D eigenvalue weighted by molar-refractivity contribution is -0.115. The predicted octanol–water partition coefficient (Wildman–Crippen LogP) is 6.44. The van der Waals surface area contributed by atoms with Crippen LogP contribution in [0.2, 0.25) is 5.02 Å². The normalized spacial score (nSPS) is 11.0. The molecule has 186 valence electrons. The third-order valence-electron chi connectivity index (χ3n) is 5.69. The highest BCUT2D eigenvalue weighted by molar-refractivity contribution is 6.31. The second kappa shape index (κ2) is 10.2. The Hall–Kier alpha value is -4.56. The third kappa shape index (κ3) is 5.05. The average Bonchev–Trinajstić information content (AvgIpc) is 3.46. The zero-order valence-corrected chi connectivity index (χ0v) is 20.4. The Bertz CT molecular complexity index is 1630. The maximum absolute atomic E-state index is 13.2. The van der Waals surface area contributed by atoms with E-state index in [9.17, 15) is 14.4 Å². The Kier molecular flexibility index (Phi) is 6.66. The van der Waals surface area contributed by atoms with Crippen molar-refractivity contribution < 1.29 is 28.0 Å². The molecule has 37 heavy (non-hydrogen) atoms. The molecule has 3 aromatic carbocycles. The van der Waals surface area contributed by atoms with Gasteiger partial charge in [0.2, 0.25) is 11.7 Å². The minimum Gasteiger partial charge on any atom is -0.464 e. The Morgan fingerprint density at radius 2 is 1.70 bits per heavy atom. The van der Waals surface area contributed by atoms with E-state index < -0.39 is 11.9 Å². The summed E-state index contributed by atoms with van der Waals surface area (Å²) in [7, 11) is 0. The van der Waals surface area contributed by atoms with E-state index in [1.807, 2.05) is 0 Å². The van der Waals surface area contributed by atoms with Crippen LogP contribution in [0.25, 0.3) is 21.9 Å². The van der Waals surface area contributed by atoms with Crippen molar-refractivity contribution in [3.05, 3.63) is 94.9 Å². The SMILES string of the molecule is CCOC(=O)c1ccc(NC(=O)c2oc3ccccc3c2NC(=O)Cc2coc3ccc(Cl)cc23)cc1. The number of hydrogen-bond donors (Lipinski definition) is 2. The molecule has 2 amide bonds. The molecule has 0 unspecified atom stereocenters. The summed E-state index contributed by atoms with van der Waals surface area (Å²) in [6, 6.07) is 18.5. The number of fused-ring (bicyclic) bond motifs is 2. The first-order chi connectivity index (χ1) is 17.9. The zero-order chi connectivity index (χ0) is 25.9. The molecule has 5 aromatic rings. The fourth-order valence-corrected chi connectivity index (χ4v) is 4.14. The summed E-state index contributed by atoms with van der Waals surface area (Å²) >= 11 is 6.10. The van der Waals surface area contributed by atoms with Crippen LogP contribution in [0.1, 0.15) is 33.4 Å². The number of para-hydroxylation sites is 1. The number of rotatable bonds is 7. The number of ether oxygens (including phenoxy) is 1. The second-order valence-electron chi connectivity index (χ2n) is 8.18. The summed E-state index contributed by atoms with van der Waals surface area (Å²) in [6.45, 7) is 1.99. The Balaban J connectivity index is 1.38. The molecule has 0 bridgehead atoms. The minimum atomic E-state index is -0.559. The lowest BCUT2D eigenvalue weighted by Gasteiger charge is -2.08. The highest BCUT2D eigenvalue weighted by Crippen LogP contribution is 2.32. The van der Waals surface area contributed by atoms with Crippen LogP contribution < -0.4 is 10.6 Å². The molecule has 0 fully saturated rings. The van der Waals surface area contributed by atoms with Gasteiger partial charge < -0.3 is 24.2 Å². The second-order valence-corrected chi connectivity index (χ2v) is 8.62. The van der Waals surface area contributed by atoms with Gasteiger partial charge in [-0.15, -0.1) is 0 Å². The number of nitrogens with one attached hydrogen (secondary N) is 2. The monoisotopic (exact) mass is 516 g/mol. The third-order valence-corrected chi connectivity index (χ3v) is 5.92. The number of esters is 1. The quantitative estimate of drug-likeness (QED) is 0.241. The van der Waals surface area contributed by atoms with E-state index in [0.717, 1.165) is 5.39 Å². The van der Waals surface area contributed by atoms with E-state index in [1.165, 1.54) is 6.26 Å². The molecular weight excluding hydrogens is 496 g/mol. The zero-order valence-electron chi connectivity index (χ0n) is 19.7. The van der Waals surface area contributed by atoms with Crippen molar-refractivity contribution >= 4 is 62.7 Å². The van der Waals surface area contributed by atoms with Gasteiger partial charge in [0.1, 0.15) is 16.9 Å². The average molecular weight is 517 g/mol. The molecule has 0 saturated carbocycles. The number of carbonyl (C=O) groups excluding carboxylic acids is 3. The van der Waals surface area contributed by atoms with Gasteiger partial charge in [0, 0.05) is 27.0 Å². The summed E-state index contributed by atoms with van der Waals surface area (Å²) in [5.41, 5.74) is 2.79. The maximum Gasteiger partial charge on any atom is 0.338 e. The largest absolute Gasteiger partial charge is 0.464 e. The van der Waals surface area contributed by atoms with Crippen molar-refractivity contribution in [1.29, 1.82) is 0 Å². The van der Waals surface area contributed by atoms with E-state index >= 15 is 0 Å². The summed E-state index contributed by atoms with van der Waals surface area (Å²) in [6.07, 6.45) is 1.52. The lowest BCUT2D eigenvalue weighted by atomic mass is 10.1. The highest BCUT2D eigenvalue weighted by atomic mass is 35.5. The van der Waals surface area contributed by atoms with Gasteiger partial charge in [-0.25, -0.2) is 4.79 Å². The van der Waals surface area contributed by atoms with E-state index in [4.69, 9.17) is 25.2 Å². The summed E-state index contributed by atoms with van der Waals surface area (Å²) in [5.74, 6) is -1.42. The van der Waals surface area contributed by atoms with Crippen molar-refractivity contribution in [3.8, 4) is 0 Å². The number of amides is 2. The van der Waals surface area contributed by atoms with Crippen LogP contribution in [0.4, 0.5) is 11.4 Å². The number of halogens is 1. The Labute approximate surface area is 216 Å². The standard InChI is InChI=1S/C28H21ClN2O6/c1-2-35-28(34)16-7-10-19(11-8-16)30-27(33)26-25(20-5-3-4-6-23(20)37-26)31-24(32)13-17-15-36-22-12-9-18(29)14-21(17)22/h3-12,14-15H,2,13H2,1H3,(H,30,33)(H,31,32). The summed E-state index contributed by atoms with van der Waals surface area (Å²) in [4.78, 5) is 38.1. The van der Waals surface area contributed by atoms with Crippen LogP contribution in [0.5, 0.6) is 0 Å². The molecule has 0 saturated heterocycles. The van der Waals surface area contributed by atoms with Gasteiger partial charge >= 0.3 is 5.97 Å². The van der Waals surface area contributed by atoms with Gasteiger partial charge in [0.05, 0.1) is 24.9 Å². The lowest BCUT2D eigenvalue weighted by Crippen LogP contribution is -2.18. The van der Waals surface area contributed by atoms with E-state index in [1.54, 1.807) is 73.7 Å². The fraction of sp³-hybridized carbons (Fsp3) is 0.107. The molecule has 0 aliphatic rings. The van der Waals surface area contributed by atoms with Crippen molar-refractivity contribution in [2.24, 2.45) is 0 Å². The van der Waals surface area contributed by atoms with Crippen molar-refractivity contribution in [2.45, 2.75) is 13.3 Å². The molecule has 0 spiro atoms. The van der Waals surface area contributed by atoms with Crippen molar-refractivity contribution in [1.82, 2.24) is 0 Å². The molecule has 0 radical (unpaired) electrons. The van der Waals surface area contributed by atoms with Crippen LogP contribution in [0.3, 0.4) is 0 Å². The van der Waals surface area contributed by atoms with Crippen LogP contribution >= 0.6 is 11.6 Å². The van der Waals surface area contributed by atoms with Crippen LogP contribution in [-0.2, 0) is 16.0 Å². The van der Waals surface area contributed by atoms with Gasteiger partial charge in [-0.05, 0) is 61.5 Å². The van der Waals surface area contributed by atoms with Crippen molar-refractivity contribution in [2.75, 3.05) is 17.2 Å². The number of carbonyl (C=O) groups is 3. The molecule has 2 aromatic heterocycles. The van der Waals surface area contributed by atoms with E-state index in [-0.39, 0.29) is 30.4 Å². The first-order valence-corrected chi connectivity index (χ1v) is 11.9. The molecule has 8 nitrogen and oxygen atoms in total. The van der Waals surface area contributed by atoms with E-state index in [2.05, 4.69) is 10.6 Å². The first kappa shape index (κ1) is 24.1. The highest BCUT2D eigenvalue weighted by Gasteiger charge is 2.23. The first-order valence-electron chi connectivity index (χ1n) is 11.5. The van der Waals surface area contributed by atoms with Gasteiger partial charge in [-0.2, -0.15) is 0 Å². The van der Waals surface area contributed by atoms with E-state index in [0.29, 0.717) is 38.4 Å². The molecule has 0 atom stereocenters.